The van der Waals surface area contributed by atoms with Crippen LogP contribution in [0.2, 0.25) is 0 Å². The van der Waals surface area contributed by atoms with Gasteiger partial charge in [0.2, 0.25) is 5.91 Å². The largest absolute Gasteiger partial charge is 0.391 e. The smallest absolute Gasteiger partial charge is 0.238 e. The molecule has 0 radical (unpaired) electrons. The summed E-state index contributed by atoms with van der Waals surface area (Å²) in [6, 6.07) is 5.63. The maximum atomic E-state index is 12.8. The summed E-state index contributed by atoms with van der Waals surface area (Å²) in [5, 5.41) is 2.71. The Morgan fingerprint density at radius 3 is 2.85 bits per heavy atom. The first-order chi connectivity index (χ1) is 9.54. The molecule has 1 fully saturated rings. The average molecular weight is 297 g/mol. The molecule has 2 rings (SSSR count). The molecule has 1 aliphatic rings. The highest BCUT2D eigenvalue weighted by atomic mass is 32.1. The summed E-state index contributed by atoms with van der Waals surface area (Å²) in [4.78, 5) is 14.1. The van der Waals surface area contributed by atoms with Crippen molar-refractivity contribution in [3.05, 3.63) is 30.1 Å². The molecule has 0 bridgehead atoms. The molecule has 0 aliphatic carbocycles. The van der Waals surface area contributed by atoms with Gasteiger partial charge in [-0.1, -0.05) is 12.2 Å². The zero-order valence-electron chi connectivity index (χ0n) is 10.8. The predicted octanol–water partition coefficient (Wildman–Crippen LogP) is 0.751. The van der Waals surface area contributed by atoms with Crippen molar-refractivity contribution in [1.82, 2.24) is 4.90 Å². The number of benzene rings is 1. The van der Waals surface area contributed by atoms with Crippen molar-refractivity contribution in [1.29, 1.82) is 0 Å². The Labute approximate surface area is 121 Å². The minimum Gasteiger partial charge on any atom is -0.391 e. The van der Waals surface area contributed by atoms with Crippen molar-refractivity contribution < 1.29 is 13.9 Å². The number of carbonyl (C=O) groups is 1. The van der Waals surface area contributed by atoms with Gasteiger partial charge in [0.25, 0.3) is 0 Å². The second-order valence-corrected chi connectivity index (χ2v) is 5.02. The Hall–Kier alpha value is -1.57. The Bertz CT molecular complexity index is 495. The van der Waals surface area contributed by atoms with Crippen LogP contribution in [0.15, 0.2) is 24.3 Å². The first-order valence-corrected chi connectivity index (χ1v) is 6.64. The molecule has 1 heterocycles. The Morgan fingerprint density at radius 1 is 1.50 bits per heavy atom. The fraction of sp³-hybridized carbons (Fsp3) is 0.385. The van der Waals surface area contributed by atoms with E-state index in [-0.39, 0.29) is 24.4 Å². The van der Waals surface area contributed by atoms with Gasteiger partial charge < -0.3 is 15.8 Å². The SMILES string of the molecule is NC(=S)C1CN(CC(=O)Nc2ccc(F)cc2)CCO1. The third-order valence-corrected chi connectivity index (χ3v) is 3.23. The van der Waals surface area contributed by atoms with E-state index >= 15 is 0 Å². The van der Waals surface area contributed by atoms with Crippen molar-refractivity contribution in [2.45, 2.75) is 6.10 Å². The standard InChI is InChI=1S/C13H16FN3O2S/c14-9-1-3-10(4-2-9)16-12(18)8-17-5-6-19-11(7-17)13(15)20/h1-4,11H,5-8H2,(H2,15,20)(H,16,18). The maximum Gasteiger partial charge on any atom is 0.238 e. The third kappa shape index (κ3) is 4.22. The minimum atomic E-state index is -0.338. The van der Waals surface area contributed by atoms with Gasteiger partial charge in [-0.15, -0.1) is 0 Å². The monoisotopic (exact) mass is 297 g/mol. The first kappa shape index (κ1) is 14.8. The molecule has 1 aliphatic heterocycles. The number of rotatable bonds is 4. The normalized spacial score (nSPS) is 19.6. The van der Waals surface area contributed by atoms with E-state index < -0.39 is 0 Å². The van der Waals surface area contributed by atoms with E-state index in [1.165, 1.54) is 24.3 Å². The minimum absolute atomic E-state index is 0.166. The molecule has 1 unspecified atom stereocenters. The van der Waals surface area contributed by atoms with Crippen molar-refractivity contribution in [3.8, 4) is 0 Å². The second kappa shape index (κ2) is 6.74. The number of nitrogens with zero attached hydrogens (tertiary/aromatic N) is 1. The van der Waals surface area contributed by atoms with Gasteiger partial charge in [-0.25, -0.2) is 4.39 Å². The molecule has 20 heavy (non-hydrogen) atoms. The molecule has 1 amide bonds. The number of anilines is 1. The van der Waals surface area contributed by atoms with Crippen LogP contribution in [-0.4, -0.2) is 48.1 Å². The third-order valence-electron chi connectivity index (χ3n) is 2.96. The molecular formula is C13H16FN3O2S. The molecule has 1 atom stereocenters. The number of carbonyl (C=O) groups excluding carboxylic acids is 1. The quantitative estimate of drug-likeness (QED) is 0.803. The molecule has 3 N–H and O–H groups in total. The summed E-state index contributed by atoms with van der Waals surface area (Å²) >= 11 is 4.89. The summed E-state index contributed by atoms with van der Waals surface area (Å²) in [5.74, 6) is -0.504. The van der Waals surface area contributed by atoms with E-state index in [9.17, 15) is 9.18 Å². The zero-order valence-corrected chi connectivity index (χ0v) is 11.7. The van der Waals surface area contributed by atoms with Gasteiger partial charge in [-0.05, 0) is 24.3 Å². The lowest BCUT2D eigenvalue weighted by Gasteiger charge is -2.31. The molecule has 108 valence electrons. The summed E-state index contributed by atoms with van der Waals surface area (Å²) in [5.41, 5.74) is 6.11. The van der Waals surface area contributed by atoms with Gasteiger partial charge in [0, 0.05) is 18.8 Å². The van der Waals surface area contributed by atoms with E-state index in [1.807, 2.05) is 4.90 Å². The van der Waals surface area contributed by atoms with Crippen LogP contribution in [0.3, 0.4) is 0 Å². The van der Waals surface area contributed by atoms with Gasteiger partial charge in [0.15, 0.2) is 0 Å². The first-order valence-electron chi connectivity index (χ1n) is 6.23. The molecule has 5 nitrogen and oxygen atoms in total. The van der Waals surface area contributed by atoms with Crippen LogP contribution in [-0.2, 0) is 9.53 Å². The van der Waals surface area contributed by atoms with Crippen LogP contribution in [0.1, 0.15) is 0 Å². The topological polar surface area (TPSA) is 67.6 Å². The molecule has 7 heteroatoms. The molecule has 1 saturated heterocycles. The highest BCUT2D eigenvalue weighted by molar-refractivity contribution is 7.80. The maximum absolute atomic E-state index is 12.8. The van der Waals surface area contributed by atoms with E-state index in [4.69, 9.17) is 22.7 Å². The van der Waals surface area contributed by atoms with Crippen LogP contribution in [0.5, 0.6) is 0 Å². The molecule has 0 aromatic heterocycles. The molecule has 1 aromatic rings. The van der Waals surface area contributed by atoms with Crippen molar-refractivity contribution in [2.75, 3.05) is 31.6 Å². The lowest BCUT2D eigenvalue weighted by molar-refractivity contribution is -0.118. The number of ether oxygens (including phenoxy) is 1. The number of nitrogens with two attached hydrogens (primary N) is 1. The lowest BCUT2D eigenvalue weighted by atomic mass is 10.2. The number of thiocarbonyl (C=S) groups is 1. The summed E-state index contributed by atoms with van der Waals surface area (Å²) in [7, 11) is 0. The molecule has 0 saturated carbocycles. The van der Waals surface area contributed by atoms with Gasteiger partial charge in [0.05, 0.1) is 13.2 Å². The molecular weight excluding hydrogens is 281 g/mol. The lowest BCUT2D eigenvalue weighted by Crippen LogP contribution is -2.49. The van der Waals surface area contributed by atoms with Crippen LogP contribution in [0.4, 0.5) is 10.1 Å². The Morgan fingerprint density at radius 2 is 2.20 bits per heavy atom. The van der Waals surface area contributed by atoms with Gasteiger partial charge in [-0.3, -0.25) is 9.69 Å². The number of halogens is 1. The highest BCUT2D eigenvalue weighted by Gasteiger charge is 2.23. The Kier molecular flexibility index (Phi) is 4.99. The average Bonchev–Trinajstić information content (AvgIpc) is 2.41. The fourth-order valence-corrected chi connectivity index (χ4v) is 2.10. The van der Waals surface area contributed by atoms with E-state index in [2.05, 4.69) is 5.32 Å². The van der Waals surface area contributed by atoms with Crippen LogP contribution < -0.4 is 11.1 Å². The number of hydrogen-bond acceptors (Lipinski definition) is 4. The van der Waals surface area contributed by atoms with Crippen molar-refractivity contribution in [3.63, 3.8) is 0 Å². The molecule has 0 spiro atoms. The van der Waals surface area contributed by atoms with Crippen molar-refractivity contribution in [2.24, 2.45) is 5.73 Å². The van der Waals surface area contributed by atoms with Crippen LogP contribution >= 0.6 is 12.2 Å². The summed E-state index contributed by atoms with van der Waals surface area (Å²) < 4.78 is 18.2. The van der Waals surface area contributed by atoms with Gasteiger partial charge in [0.1, 0.15) is 16.9 Å². The van der Waals surface area contributed by atoms with E-state index in [0.717, 1.165) is 0 Å². The zero-order chi connectivity index (χ0) is 14.5. The number of amides is 1. The number of nitrogens with one attached hydrogen (secondary N) is 1. The van der Waals surface area contributed by atoms with Gasteiger partial charge in [-0.2, -0.15) is 0 Å². The van der Waals surface area contributed by atoms with E-state index in [0.29, 0.717) is 30.4 Å². The second-order valence-electron chi connectivity index (χ2n) is 4.55. The predicted molar refractivity (Wildman–Crippen MR) is 78.0 cm³/mol. The summed E-state index contributed by atoms with van der Waals surface area (Å²) in [6.07, 6.45) is -0.308. The number of hydrogen-bond donors (Lipinski definition) is 2. The van der Waals surface area contributed by atoms with Crippen LogP contribution in [0, 0.1) is 5.82 Å². The Balaban J connectivity index is 1.85. The van der Waals surface area contributed by atoms with Crippen LogP contribution in [0.25, 0.3) is 0 Å². The highest BCUT2D eigenvalue weighted by Crippen LogP contribution is 2.09. The van der Waals surface area contributed by atoms with Gasteiger partial charge >= 0.3 is 0 Å². The number of morpholine rings is 1. The van der Waals surface area contributed by atoms with E-state index in [1.54, 1.807) is 0 Å². The fourth-order valence-electron chi connectivity index (χ4n) is 1.96. The molecule has 1 aromatic carbocycles. The summed E-state index contributed by atoms with van der Waals surface area (Å²) in [6.45, 7) is 1.87. The van der Waals surface area contributed by atoms with Crippen molar-refractivity contribution >= 4 is 28.8 Å².